The lowest BCUT2D eigenvalue weighted by Gasteiger charge is -2.30. The van der Waals surface area contributed by atoms with Gasteiger partial charge in [0.2, 0.25) is 10.9 Å². The molecule has 4 heterocycles. The number of carbonyl (C=O) groups excluding carboxylic acids is 3. The highest BCUT2D eigenvalue weighted by Crippen LogP contribution is 2.55. The SMILES string of the molecule is CCOC(=O)c1nc(C2(O)CNC(=O)C2C2=C(C3=N[C@@H](C)CC3)C(=O)NC23CC3)cs1. The number of hydrogen-bond donors (Lipinski definition) is 3. The van der Waals surface area contributed by atoms with Gasteiger partial charge in [0, 0.05) is 17.1 Å². The number of nitrogens with zero attached hydrogens (tertiary/aromatic N) is 2. The number of carbonyl (C=O) groups is 3. The first-order valence-corrected chi connectivity index (χ1v) is 11.4. The average molecular weight is 445 g/mol. The number of hydrogen-bond acceptors (Lipinski definition) is 8. The number of ether oxygens (including phenoxy) is 1. The quantitative estimate of drug-likeness (QED) is 0.577. The van der Waals surface area contributed by atoms with Crippen LogP contribution >= 0.6 is 11.3 Å². The van der Waals surface area contributed by atoms with Crippen LogP contribution in [0.3, 0.4) is 0 Å². The lowest BCUT2D eigenvalue weighted by molar-refractivity contribution is -0.124. The van der Waals surface area contributed by atoms with Gasteiger partial charge >= 0.3 is 5.97 Å². The Bertz CT molecular complexity index is 1060. The van der Waals surface area contributed by atoms with Crippen molar-refractivity contribution in [1.82, 2.24) is 15.6 Å². The number of amides is 2. The highest BCUT2D eigenvalue weighted by molar-refractivity contribution is 7.11. The molecule has 1 aromatic rings. The Labute approximate surface area is 183 Å². The maximum atomic E-state index is 13.0. The van der Waals surface area contributed by atoms with Crippen molar-refractivity contribution in [3.05, 3.63) is 27.2 Å². The van der Waals surface area contributed by atoms with Crippen molar-refractivity contribution in [1.29, 1.82) is 0 Å². The monoisotopic (exact) mass is 444 g/mol. The number of aromatic nitrogens is 1. The molecule has 1 saturated heterocycles. The van der Waals surface area contributed by atoms with E-state index in [2.05, 4.69) is 20.6 Å². The van der Waals surface area contributed by atoms with E-state index in [0.717, 1.165) is 17.8 Å². The molecule has 4 aliphatic rings. The largest absolute Gasteiger partial charge is 0.461 e. The molecule has 2 amide bonds. The Balaban J connectivity index is 1.61. The van der Waals surface area contributed by atoms with Crippen molar-refractivity contribution in [2.24, 2.45) is 10.9 Å². The highest BCUT2D eigenvalue weighted by Gasteiger charge is 2.64. The Morgan fingerprint density at radius 2 is 2.16 bits per heavy atom. The minimum absolute atomic E-state index is 0.0492. The molecular weight excluding hydrogens is 420 g/mol. The number of thiazole rings is 1. The van der Waals surface area contributed by atoms with Crippen molar-refractivity contribution >= 4 is 34.8 Å². The predicted molar refractivity (Wildman–Crippen MR) is 112 cm³/mol. The third-order valence-corrected chi connectivity index (χ3v) is 7.36. The van der Waals surface area contributed by atoms with E-state index in [4.69, 9.17) is 4.74 Å². The normalized spacial score (nSPS) is 31.1. The zero-order valence-corrected chi connectivity index (χ0v) is 18.2. The van der Waals surface area contributed by atoms with E-state index < -0.39 is 23.0 Å². The van der Waals surface area contributed by atoms with Crippen molar-refractivity contribution in [3.8, 4) is 0 Å². The van der Waals surface area contributed by atoms with E-state index in [1.807, 2.05) is 6.92 Å². The van der Waals surface area contributed by atoms with E-state index >= 15 is 0 Å². The molecule has 3 atom stereocenters. The van der Waals surface area contributed by atoms with Gasteiger partial charge in [0.05, 0.1) is 35.9 Å². The Morgan fingerprint density at radius 3 is 2.81 bits per heavy atom. The molecule has 1 spiro atoms. The van der Waals surface area contributed by atoms with Gasteiger partial charge < -0.3 is 20.5 Å². The smallest absolute Gasteiger partial charge is 0.367 e. The fraction of sp³-hybridized carbons (Fsp3) is 0.571. The third kappa shape index (κ3) is 3.03. The molecule has 2 unspecified atom stereocenters. The van der Waals surface area contributed by atoms with Crippen LogP contribution in [-0.2, 0) is 19.9 Å². The van der Waals surface area contributed by atoms with Gasteiger partial charge in [-0.1, -0.05) is 0 Å². The van der Waals surface area contributed by atoms with Crippen molar-refractivity contribution < 1.29 is 24.2 Å². The van der Waals surface area contributed by atoms with E-state index in [9.17, 15) is 19.5 Å². The minimum atomic E-state index is -1.68. The number of aliphatic hydroxyl groups is 1. The summed E-state index contributed by atoms with van der Waals surface area (Å²) in [5.41, 5.74) is -0.284. The van der Waals surface area contributed by atoms with Gasteiger partial charge in [-0.3, -0.25) is 14.6 Å². The molecular formula is C21H24N4O5S. The summed E-state index contributed by atoms with van der Waals surface area (Å²) in [4.78, 5) is 47.0. The molecule has 1 aliphatic carbocycles. The Morgan fingerprint density at radius 1 is 1.39 bits per heavy atom. The van der Waals surface area contributed by atoms with E-state index in [1.165, 1.54) is 0 Å². The lowest BCUT2D eigenvalue weighted by Crippen LogP contribution is -2.42. The lowest BCUT2D eigenvalue weighted by atomic mass is 9.76. The summed E-state index contributed by atoms with van der Waals surface area (Å²) in [5, 5.41) is 19.2. The van der Waals surface area contributed by atoms with Gasteiger partial charge in [0.25, 0.3) is 5.91 Å². The average Bonchev–Trinajstić information content (AvgIpc) is 3.08. The van der Waals surface area contributed by atoms with Crippen molar-refractivity contribution in [2.45, 2.75) is 56.7 Å². The molecule has 3 N–H and O–H groups in total. The topological polar surface area (TPSA) is 130 Å². The maximum absolute atomic E-state index is 13.0. The van der Waals surface area contributed by atoms with Gasteiger partial charge in [0.15, 0.2) is 0 Å². The Kier molecular flexibility index (Phi) is 4.56. The standard InChI is InChI=1S/C21H24N4O5S/c1-3-30-19(28)18-24-12(8-31-18)21(29)9-22-17(27)15(21)14-13(11-5-4-10(2)23-11)16(26)25-20(14)6-7-20/h8,10,15,29H,3-7,9H2,1-2H3,(H,22,27)(H,25,26)/t10-,15?,21?/m0/s1. The second-order valence-corrected chi connectivity index (χ2v) is 9.48. The molecule has 1 saturated carbocycles. The maximum Gasteiger partial charge on any atom is 0.367 e. The predicted octanol–water partition coefficient (Wildman–Crippen LogP) is 0.836. The van der Waals surface area contributed by atoms with E-state index in [0.29, 0.717) is 36.1 Å². The molecule has 1 aromatic heterocycles. The molecule has 0 aromatic carbocycles. The number of β-amino-alcohol motifs (C(OH)–C–C–N with tert-alkyl or cyclic N) is 1. The second-order valence-electron chi connectivity index (χ2n) is 8.62. The minimum Gasteiger partial charge on any atom is -0.461 e. The first kappa shape index (κ1) is 20.3. The zero-order valence-electron chi connectivity index (χ0n) is 17.4. The molecule has 0 bridgehead atoms. The summed E-state index contributed by atoms with van der Waals surface area (Å²) < 4.78 is 5.00. The number of rotatable bonds is 5. The summed E-state index contributed by atoms with van der Waals surface area (Å²) in [6, 6.07) is 0.120. The molecule has 3 aliphatic heterocycles. The van der Waals surface area contributed by atoms with Crippen molar-refractivity contribution in [2.75, 3.05) is 13.2 Å². The molecule has 0 radical (unpaired) electrons. The van der Waals surface area contributed by atoms with Crippen LogP contribution < -0.4 is 10.6 Å². The molecule has 31 heavy (non-hydrogen) atoms. The fourth-order valence-electron chi connectivity index (χ4n) is 4.88. The summed E-state index contributed by atoms with van der Waals surface area (Å²) in [6.07, 6.45) is 2.94. The molecule has 164 valence electrons. The van der Waals surface area contributed by atoms with Crippen LogP contribution in [0.4, 0.5) is 0 Å². The fourth-order valence-corrected chi connectivity index (χ4v) is 5.66. The highest BCUT2D eigenvalue weighted by atomic mass is 32.1. The van der Waals surface area contributed by atoms with Crippen LogP contribution in [0.5, 0.6) is 0 Å². The summed E-state index contributed by atoms with van der Waals surface area (Å²) in [6.45, 7) is 3.87. The van der Waals surface area contributed by atoms with Crippen LogP contribution in [0.1, 0.15) is 55.0 Å². The van der Waals surface area contributed by atoms with Crippen LogP contribution in [-0.4, -0.2) is 58.3 Å². The summed E-state index contributed by atoms with van der Waals surface area (Å²) >= 11 is 1.06. The number of nitrogens with one attached hydrogen (secondary N) is 2. The first-order chi connectivity index (χ1) is 14.8. The summed E-state index contributed by atoms with van der Waals surface area (Å²) in [7, 11) is 0. The van der Waals surface area contributed by atoms with Gasteiger partial charge in [-0.15, -0.1) is 11.3 Å². The van der Waals surface area contributed by atoms with Gasteiger partial charge in [-0.2, -0.15) is 0 Å². The zero-order chi connectivity index (χ0) is 22.0. The van der Waals surface area contributed by atoms with Crippen LogP contribution in [0.25, 0.3) is 0 Å². The van der Waals surface area contributed by atoms with Crippen molar-refractivity contribution in [3.63, 3.8) is 0 Å². The number of esters is 1. The first-order valence-electron chi connectivity index (χ1n) is 10.6. The van der Waals surface area contributed by atoms with Crippen LogP contribution in [0, 0.1) is 5.92 Å². The summed E-state index contributed by atoms with van der Waals surface area (Å²) in [5.74, 6) is -2.13. The Hall–Kier alpha value is -2.59. The third-order valence-electron chi connectivity index (χ3n) is 6.54. The van der Waals surface area contributed by atoms with Crippen LogP contribution in [0.15, 0.2) is 21.5 Å². The van der Waals surface area contributed by atoms with Gasteiger partial charge in [-0.05, 0) is 45.1 Å². The van der Waals surface area contributed by atoms with Gasteiger partial charge in [0.1, 0.15) is 5.60 Å². The van der Waals surface area contributed by atoms with E-state index in [-0.39, 0.29) is 41.7 Å². The molecule has 5 rings (SSSR count). The molecule has 2 fully saturated rings. The second kappa shape index (κ2) is 6.96. The van der Waals surface area contributed by atoms with E-state index in [1.54, 1.807) is 12.3 Å². The molecule has 10 heteroatoms. The van der Waals surface area contributed by atoms with Crippen LogP contribution in [0.2, 0.25) is 0 Å². The number of aliphatic imine (C=N–C) groups is 1. The van der Waals surface area contributed by atoms with Gasteiger partial charge in [-0.25, -0.2) is 9.78 Å². The molecule has 9 nitrogen and oxygen atoms in total.